The van der Waals surface area contributed by atoms with Gasteiger partial charge in [0.05, 0.1) is 6.20 Å². The number of rotatable bonds is 8. The van der Waals surface area contributed by atoms with Gasteiger partial charge in [0.15, 0.2) is 0 Å². The number of anilines is 1. The second-order valence-electron chi connectivity index (χ2n) is 8.66. The number of fused-ring (bicyclic) bond motifs is 1. The van der Waals surface area contributed by atoms with Crippen LogP contribution >= 0.6 is 22.7 Å². The van der Waals surface area contributed by atoms with Crippen molar-refractivity contribution in [1.82, 2.24) is 9.78 Å². The number of carbonyl (C=O) groups excluding carboxylic acids is 1. The second kappa shape index (κ2) is 8.88. The van der Waals surface area contributed by atoms with Crippen molar-refractivity contribution in [2.75, 3.05) is 5.32 Å². The normalized spacial score (nSPS) is 15.2. The average Bonchev–Trinajstić information content (AvgIpc) is 3.26. The van der Waals surface area contributed by atoms with Gasteiger partial charge in [0.25, 0.3) is 0 Å². The lowest BCUT2D eigenvalue weighted by Crippen LogP contribution is -2.18. The van der Waals surface area contributed by atoms with Crippen molar-refractivity contribution in [3.05, 3.63) is 69.5 Å². The highest BCUT2D eigenvalue weighted by Crippen LogP contribution is 2.52. The van der Waals surface area contributed by atoms with Gasteiger partial charge in [-0.05, 0) is 50.3 Å². The third kappa shape index (κ3) is 4.33. The Kier molecular flexibility index (Phi) is 5.91. The number of carbonyl (C=O) groups is 2. The van der Waals surface area contributed by atoms with Gasteiger partial charge in [-0.2, -0.15) is 5.10 Å². The Morgan fingerprint density at radius 1 is 1.18 bits per heavy atom. The highest BCUT2D eigenvalue weighted by Gasteiger charge is 2.53. The number of hydrogen-bond donors (Lipinski definition) is 2. The van der Waals surface area contributed by atoms with Gasteiger partial charge in [-0.15, -0.1) is 22.7 Å². The highest BCUT2D eigenvalue weighted by atomic mass is 32.1. The van der Waals surface area contributed by atoms with Crippen molar-refractivity contribution in [2.45, 2.75) is 44.1 Å². The minimum absolute atomic E-state index is 0.363. The predicted molar refractivity (Wildman–Crippen MR) is 134 cm³/mol. The number of nitrogens with zero attached hydrogens (tertiary/aromatic N) is 2. The second-order valence-corrected chi connectivity index (χ2v) is 10.9. The van der Waals surface area contributed by atoms with Crippen LogP contribution in [-0.2, 0) is 34.8 Å². The molecular formula is C25H25N3O4S2. The third-order valence-corrected chi connectivity index (χ3v) is 8.87. The molecule has 9 heteroatoms. The molecule has 2 N–H and O–H groups in total. The van der Waals surface area contributed by atoms with E-state index in [4.69, 9.17) is 4.74 Å². The van der Waals surface area contributed by atoms with Crippen molar-refractivity contribution in [1.29, 1.82) is 0 Å². The lowest BCUT2D eigenvalue weighted by atomic mass is 10.1. The molecule has 0 radical (unpaired) electrons. The quantitative estimate of drug-likeness (QED) is 0.317. The van der Waals surface area contributed by atoms with Crippen LogP contribution < -0.4 is 5.32 Å². The number of aromatic nitrogens is 2. The summed E-state index contributed by atoms with van der Waals surface area (Å²) in [5.41, 5.74) is 1.22. The van der Waals surface area contributed by atoms with E-state index in [1.54, 1.807) is 40.6 Å². The number of amides is 1. The van der Waals surface area contributed by atoms with Gasteiger partial charge in [-0.25, -0.2) is 4.79 Å². The molecule has 1 aromatic carbocycles. The molecule has 1 fully saturated rings. The van der Waals surface area contributed by atoms with Crippen molar-refractivity contribution in [3.63, 3.8) is 0 Å². The molecule has 34 heavy (non-hydrogen) atoms. The molecule has 1 aliphatic carbocycles. The fourth-order valence-electron chi connectivity index (χ4n) is 4.10. The van der Waals surface area contributed by atoms with Crippen molar-refractivity contribution >= 4 is 50.0 Å². The smallest absolute Gasteiger partial charge is 0.413 e. The van der Waals surface area contributed by atoms with Crippen LogP contribution in [0.25, 0.3) is 9.40 Å². The van der Waals surface area contributed by atoms with E-state index in [0.29, 0.717) is 5.82 Å². The molecule has 0 bridgehead atoms. The summed E-state index contributed by atoms with van der Waals surface area (Å²) >= 11 is 3.30. The van der Waals surface area contributed by atoms with Gasteiger partial charge in [-0.3, -0.25) is 14.8 Å². The van der Waals surface area contributed by atoms with E-state index in [1.807, 2.05) is 37.3 Å². The number of aryl methyl sites for hydroxylation is 3. The van der Waals surface area contributed by atoms with Crippen molar-refractivity contribution in [3.8, 4) is 0 Å². The molecule has 3 aromatic heterocycles. The molecule has 5 rings (SSSR count). The van der Waals surface area contributed by atoms with E-state index in [-0.39, 0.29) is 6.10 Å². The topological polar surface area (TPSA) is 93.4 Å². The van der Waals surface area contributed by atoms with Crippen LogP contribution in [0.2, 0.25) is 0 Å². The van der Waals surface area contributed by atoms with Gasteiger partial charge in [0, 0.05) is 31.8 Å². The van der Waals surface area contributed by atoms with E-state index in [0.717, 1.165) is 51.1 Å². The Balaban J connectivity index is 1.23. The predicted octanol–water partition coefficient (Wildman–Crippen LogP) is 5.91. The Morgan fingerprint density at radius 3 is 2.59 bits per heavy atom. The summed E-state index contributed by atoms with van der Waals surface area (Å²) in [7, 11) is 1.79. The van der Waals surface area contributed by atoms with Gasteiger partial charge in [-0.1, -0.05) is 30.3 Å². The fraction of sp³-hybridized carbons (Fsp3) is 0.320. The Morgan fingerprint density at radius 2 is 1.91 bits per heavy atom. The molecule has 176 valence electrons. The molecule has 1 saturated carbocycles. The standard InChI is InChI=1S/C25H25N3O4S2/c1-15(16-6-4-3-5-7-16)32-24(31)27-22-17(14-26-28(22)2)8-9-18-12-19-20(33-18)13-21(34-19)25(10-11-25)23(29)30/h3-7,12-15H,8-11H2,1-2H3,(H,27,31)(H,29,30)/t15-/m1/s1. The molecule has 0 aliphatic heterocycles. The van der Waals surface area contributed by atoms with Crippen LogP contribution in [0.1, 0.15) is 46.8 Å². The van der Waals surface area contributed by atoms with Crippen LogP contribution in [0.4, 0.5) is 10.6 Å². The SMILES string of the molecule is C[C@@H](OC(=O)Nc1c(CCc2cc3sc(C4(C(=O)O)CC4)cc3s2)cnn1C)c1ccccc1. The lowest BCUT2D eigenvalue weighted by molar-refractivity contribution is -0.139. The maximum Gasteiger partial charge on any atom is 0.413 e. The first-order valence-corrected chi connectivity index (χ1v) is 12.8. The minimum atomic E-state index is -0.713. The zero-order valence-electron chi connectivity index (χ0n) is 18.9. The van der Waals surface area contributed by atoms with Gasteiger partial charge in [0.2, 0.25) is 0 Å². The maximum absolute atomic E-state index is 12.5. The Bertz CT molecular complexity index is 1320. The van der Waals surface area contributed by atoms with E-state index in [9.17, 15) is 14.7 Å². The van der Waals surface area contributed by atoms with E-state index >= 15 is 0 Å². The molecule has 0 saturated heterocycles. The number of thiophene rings is 2. The summed E-state index contributed by atoms with van der Waals surface area (Å²) < 4.78 is 9.47. The van der Waals surface area contributed by atoms with Crippen molar-refractivity contribution in [2.24, 2.45) is 7.05 Å². The summed E-state index contributed by atoms with van der Waals surface area (Å²) in [5, 5.41) is 16.7. The summed E-state index contributed by atoms with van der Waals surface area (Å²) in [5.74, 6) is -0.0852. The van der Waals surface area contributed by atoms with Gasteiger partial charge in [0.1, 0.15) is 17.3 Å². The molecule has 1 amide bonds. The Labute approximate surface area is 205 Å². The van der Waals surface area contributed by atoms with E-state index in [2.05, 4.69) is 22.5 Å². The number of benzene rings is 1. The number of hydrogen-bond acceptors (Lipinski definition) is 6. The first kappa shape index (κ1) is 22.6. The lowest BCUT2D eigenvalue weighted by Gasteiger charge is -2.15. The van der Waals surface area contributed by atoms with Crippen LogP contribution in [0.15, 0.2) is 48.7 Å². The zero-order chi connectivity index (χ0) is 23.9. The summed E-state index contributed by atoms with van der Waals surface area (Å²) in [6.45, 7) is 1.84. The molecule has 7 nitrogen and oxygen atoms in total. The molecule has 0 spiro atoms. The highest BCUT2D eigenvalue weighted by molar-refractivity contribution is 7.28. The minimum Gasteiger partial charge on any atom is -0.481 e. The average molecular weight is 496 g/mol. The Hall–Kier alpha value is -3.17. The maximum atomic E-state index is 12.5. The number of aliphatic carboxylic acids is 1. The number of carboxylic acids is 1. The zero-order valence-corrected chi connectivity index (χ0v) is 20.5. The first-order valence-electron chi connectivity index (χ1n) is 11.2. The van der Waals surface area contributed by atoms with Crippen LogP contribution in [0, 0.1) is 0 Å². The van der Waals surface area contributed by atoms with Crippen LogP contribution in [0.5, 0.6) is 0 Å². The molecule has 1 atom stereocenters. The summed E-state index contributed by atoms with van der Waals surface area (Å²) in [4.78, 5) is 26.3. The number of ether oxygens (including phenoxy) is 1. The molecule has 4 aromatic rings. The number of carboxylic acid groups (broad SMARTS) is 1. The van der Waals surface area contributed by atoms with Crippen LogP contribution in [0.3, 0.4) is 0 Å². The van der Waals surface area contributed by atoms with E-state index < -0.39 is 17.5 Å². The van der Waals surface area contributed by atoms with Crippen molar-refractivity contribution < 1.29 is 19.4 Å². The number of nitrogens with one attached hydrogen (secondary N) is 1. The molecule has 1 aliphatic rings. The first-order chi connectivity index (χ1) is 16.4. The molecule has 0 unspecified atom stereocenters. The summed E-state index contributed by atoms with van der Waals surface area (Å²) in [6, 6.07) is 13.8. The summed E-state index contributed by atoms with van der Waals surface area (Å²) in [6.07, 6.45) is 3.88. The molecule has 3 heterocycles. The van der Waals surface area contributed by atoms with Crippen LogP contribution in [-0.4, -0.2) is 26.9 Å². The molecular weight excluding hydrogens is 470 g/mol. The van der Waals surface area contributed by atoms with Gasteiger partial charge < -0.3 is 9.84 Å². The third-order valence-electron chi connectivity index (χ3n) is 6.32. The van der Waals surface area contributed by atoms with E-state index in [1.165, 1.54) is 4.88 Å². The fourth-order valence-corrected chi connectivity index (χ4v) is 6.76. The monoisotopic (exact) mass is 495 g/mol. The largest absolute Gasteiger partial charge is 0.481 e. The van der Waals surface area contributed by atoms with Gasteiger partial charge >= 0.3 is 12.1 Å².